The summed E-state index contributed by atoms with van der Waals surface area (Å²) in [6, 6.07) is 4.15. The molecule has 6 heteroatoms. The number of hydrogen-bond acceptors (Lipinski definition) is 5. The molecule has 0 amide bonds. The van der Waals surface area contributed by atoms with Crippen LogP contribution in [0.2, 0.25) is 0 Å². The summed E-state index contributed by atoms with van der Waals surface area (Å²) >= 11 is 0. The van der Waals surface area contributed by atoms with Crippen molar-refractivity contribution in [2.24, 2.45) is 5.84 Å². The van der Waals surface area contributed by atoms with Gasteiger partial charge in [0.2, 0.25) is 5.88 Å². The highest BCUT2D eigenvalue weighted by atomic mass is 16.5. The molecular weight excluding hydrogens is 230 g/mol. The molecule has 2 N–H and O–H groups in total. The average molecular weight is 247 g/mol. The van der Waals surface area contributed by atoms with Crippen LogP contribution in [-0.2, 0) is 0 Å². The minimum absolute atomic E-state index is 0.205. The van der Waals surface area contributed by atoms with Crippen LogP contribution in [0.5, 0.6) is 5.88 Å². The van der Waals surface area contributed by atoms with Gasteiger partial charge in [0.15, 0.2) is 5.65 Å². The number of nitrogens with two attached hydrogens (primary N) is 1. The molecule has 0 saturated carbocycles. The van der Waals surface area contributed by atoms with E-state index in [4.69, 9.17) is 10.6 Å². The topological polar surface area (TPSA) is 68.7 Å². The largest absolute Gasteiger partial charge is 0.480 e. The molecule has 1 atom stereocenters. The fourth-order valence-corrected chi connectivity index (χ4v) is 2.42. The van der Waals surface area contributed by atoms with Gasteiger partial charge in [0.05, 0.1) is 25.0 Å². The zero-order valence-electron chi connectivity index (χ0n) is 10.4. The van der Waals surface area contributed by atoms with E-state index in [9.17, 15) is 0 Å². The van der Waals surface area contributed by atoms with Crippen molar-refractivity contribution in [3.05, 3.63) is 24.0 Å². The van der Waals surface area contributed by atoms with E-state index < -0.39 is 0 Å². The van der Waals surface area contributed by atoms with Gasteiger partial charge >= 0.3 is 0 Å². The number of hydrazine groups is 1. The number of rotatable bonds is 2. The monoisotopic (exact) mass is 247 g/mol. The third kappa shape index (κ3) is 1.93. The van der Waals surface area contributed by atoms with Gasteiger partial charge < -0.3 is 4.74 Å². The zero-order chi connectivity index (χ0) is 12.5. The number of fused-ring (bicyclic) bond motifs is 1. The molecule has 3 heterocycles. The van der Waals surface area contributed by atoms with Crippen LogP contribution in [0.3, 0.4) is 0 Å². The summed E-state index contributed by atoms with van der Waals surface area (Å²) in [5.41, 5.74) is 1.78. The van der Waals surface area contributed by atoms with Gasteiger partial charge in [0.25, 0.3) is 0 Å². The molecule has 2 aromatic heterocycles. The highest BCUT2D eigenvalue weighted by Gasteiger charge is 2.23. The number of ether oxygens (including phenoxy) is 1. The molecule has 18 heavy (non-hydrogen) atoms. The van der Waals surface area contributed by atoms with Gasteiger partial charge in [0, 0.05) is 6.54 Å². The first-order chi connectivity index (χ1) is 8.78. The molecule has 0 aliphatic carbocycles. The van der Waals surface area contributed by atoms with Crippen molar-refractivity contribution in [1.82, 2.24) is 19.6 Å². The van der Waals surface area contributed by atoms with Gasteiger partial charge in [0.1, 0.15) is 0 Å². The molecular formula is C12H17N5O. The Kier molecular flexibility index (Phi) is 2.89. The lowest BCUT2D eigenvalue weighted by Crippen LogP contribution is -2.39. The van der Waals surface area contributed by atoms with E-state index in [0.29, 0.717) is 5.88 Å². The molecule has 1 aliphatic heterocycles. The lowest BCUT2D eigenvalue weighted by Gasteiger charge is -2.31. The lowest BCUT2D eigenvalue weighted by molar-refractivity contribution is 0.147. The second kappa shape index (κ2) is 4.55. The van der Waals surface area contributed by atoms with Crippen molar-refractivity contribution >= 4 is 5.65 Å². The van der Waals surface area contributed by atoms with E-state index >= 15 is 0 Å². The Hall–Kier alpha value is -1.66. The van der Waals surface area contributed by atoms with E-state index in [0.717, 1.165) is 30.7 Å². The first kappa shape index (κ1) is 11.4. The predicted octanol–water partition coefficient (Wildman–Crippen LogP) is 1.14. The highest BCUT2D eigenvalue weighted by molar-refractivity contribution is 5.40. The van der Waals surface area contributed by atoms with Gasteiger partial charge in [-0.2, -0.15) is 10.1 Å². The van der Waals surface area contributed by atoms with Crippen LogP contribution in [0.1, 0.15) is 31.0 Å². The first-order valence-corrected chi connectivity index (χ1v) is 6.19. The van der Waals surface area contributed by atoms with Crippen LogP contribution in [0.4, 0.5) is 0 Å². The Morgan fingerprint density at radius 1 is 1.39 bits per heavy atom. The van der Waals surface area contributed by atoms with E-state index in [1.54, 1.807) is 17.8 Å². The van der Waals surface area contributed by atoms with Crippen molar-refractivity contribution in [3.63, 3.8) is 0 Å². The van der Waals surface area contributed by atoms with Crippen molar-refractivity contribution in [1.29, 1.82) is 0 Å². The van der Waals surface area contributed by atoms with Gasteiger partial charge in [-0.25, -0.2) is 9.52 Å². The summed E-state index contributed by atoms with van der Waals surface area (Å²) < 4.78 is 6.85. The van der Waals surface area contributed by atoms with Crippen LogP contribution in [0.25, 0.3) is 5.65 Å². The number of piperidine rings is 1. The fraction of sp³-hybridized carbons (Fsp3) is 0.500. The molecule has 0 radical (unpaired) electrons. The van der Waals surface area contributed by atoms with Crippen molar-refractivity contribution in [3.8, 4) is 5.88 Å². The molecule has 96 valence electrons. The maximum Gasteiger partial charge on any atom is 0.234 e. The number of aromatic nitrogens is 3. The molecule has 0 aromatic carbocycles. The maximum absolute atomic E-state index is 6.03. The van der Waals surface area contributed by atoms with Crippen LogP contribution in [0, 0.1) is 0 Å². The number of methoxy groups -OCH3 is 1. The van der Waals surface area contributed by atoms with Crippen LogP contribution in [0.15, 0.2) is 18.3 Å². The van der Waals surface area contributed by atoms with Gasteiger partial charge in [-0.3, -0.25) is 5.84 Å². The molecule has 1 unspecified atom stereocenters. The first-order valence-electron chi connectivity index (χ1n) is 6.19. The van der Waals surface area contributed by atoms with E-state index in [1.165, 1.54) is 6.42 Å². The Labute approximate surface area is 105 Å². The minimum atomic E-state index is 0.205. The molecule has 2 aromatic rings. The summed E-state index contributed by atoms with van der Waals surface area (Å²) in [6.07, 6.45) is 5.20. The van der Waals surface area contributed by atoms with Gasteiger partial charge in [-0.1, -0.05) is 6.42 Å². The molecule has 0 bridgehead atoms. The van der Waals surface area contributed by atoms with Crippen LogP contribution < -0.4 is 10.6 Å². The Bertz CT molecular complexity index is 552. The molecule has 3 rings (SSSR count). The molecule has 1 fully saturated rings. The van der Waals surface area contributed by atoms with E-state index in [2.05, 4.69) is 10.1 Å². The Morgan fingerprint density at radius 3 is 3.06 bits per heavy atom. The number of imidazole rings is 1. The third-order valence-electron chi connectivity index (χ3n) is 3.41. The van der Waals surface area contributed by atoms with E-state index in [1.807, 2.05) is 17.1 Å². The summed E-state index contributed by atoms with van der Waals surface area (Å²) in [4.78, 5) is 4.27. The van der Waals surface area contributed by atoms with E-state index in [-0.39, 0.29) is 6.04 Å². The molecule has 6 nitrogen and oxygen atoms in total. The minimum Gasteiger partial charge on any atom is -0.480 e. The summed E-state index contributed by atoms with van der Waals surface area (Å²) in [5.74, 6) is 6.61. The highest BCUT2D eigenvalue weighted by Crippen LogP contribution is 2.27. The normalized spacial score (nSPS) is 21.3. The molecule has 1 aliphatic rings. The van der Waals surface area contributed by atoms with Gasteiger partial charge in [-0.05, 0) is 25.0 Å². The standard InChI is InChI=1S/C12H17N5O/c1-18-12-8-17-11(14-12)6-5-9(15-17)10-4-2-3-7-16(10)13/h5-6,8,10H,2-4,7,13H2,1H3. The number of hydrogen-bond donors (Lipinski definition) is 1. The van der Waals surface area contributed by atoms with Crippen LogP contribution >= 0.6 is 0 Å². The second-order valence-electron chi connectivity index (χ2n) is 4.59. The predicted molar refractivity (Wildman–Crippen MR) is 67.0 cm³/mol. The van der Waals surface area contributed by atoms with Crippen LogP contribution in [-0.4, -0.2) is 33.3 Å². The molecule has 1 saturated heterocycles. The van der Waals surface area contributed by atoms with Crippen molar-refractivity contribution in [2.75, 3.05) is 13.7 Å². The Balaban J connectivity index is 1.96. The maximum atomic E-state index is 6.03. The van der Waals surface area contributed by atoms with Crippen molar-refractivity contribution in [2.45, 2.75) is 25.3 Å². The number of nitrogens with zero attached hydrogens (tertiary/aromatic N) is 4. The van der Waals surface area contributed by atoms with Crippen molar-refractivity contribution < 1.29 is 4.74 Å². The molecule has 0 spiro atoms. The third-order valence-corrected chi connectivity index (χ3v) is 3.41. The SMILES string of the molecule is COc1cn2nc(C3CCCCN3N)ccc2n1. The lowest BCUT2D eigenvalue weighted by atomic mass is 10.0. The summed E-state index contributed by atoms with van der Waals surface area (Å²) in [6.45, 7) is 0.928. The fourth-order valence-electron chi connectivity index (χ4n) is 2.42. The summed E-state index contributed by atoms with van der Waals surface area (Å²) in [5, 5.41) is 6.45. The average Bonchev–Trinajstić information content (AvgIpc) is 2.81. The van der Waals surface area contributed by atoms with Gasteiger partial charge in [-0.15, -0.1) is 0 Å². The smallest absolute Gasteiger partial charge is 0.234 e. The Morgan fingerprint density at radius 2 is 2.28 bits per heavy atom. The zero-order valence-corrected chi connectivity index (χ0v) is 10.4. The quantitative estimate of drug-likeness (QED) is 0.806. The second-order valence-corrected chi connectivity index (χ2v) is 4.59. The summed E-state index contributed by atoms with van der Waals surface area (Å²) in [7, 11) is 1.60.